The molecule has 0 aliphatic heterocycles. The van der Waals surface area contributed by atoms with E-state index in [0.717, 1.165) is 7.05 Å². The third kappa shape index (κ3) is 3.15. The van der Waals surface area contributed by atoms with E-state index < -0.39 is 33.4 Å². The molecule has 0 aliphatic rings. The van der Waals surface area contributed by atoms with Crippen molar-refractivity contribution in [3.05, 3.63) is 12.2 Å². The number of nitrogens with zero attached hydrogens (tertiary/aromatic N) is 1. The van der Waals surface area contributed by atoms with Crippen molar-refractivity contribution in [1.82, 2.24) is 5.43 Å². The molecule has 0 radical (unpaired) electrons. The molecule has 1 N–H and O–H groups in total. The Balaban J connectivity index is 5.54. The summed E-state index contributed by atoms with van der Waals surface area (Å²) in [6.07, 6.45) is -5.19. The summed E-state index contributed by atoms with van der Waals surface area (Å²) in [7, 11) is -3.50. The lowest BCUT2D eigenvalue weighted by Gasteiger charge is -2.16. The Hall–Kier alpha value is -1.19. The summed E-state index contributed by atoms with van der Waals surface area (Å²) in [5, 5.41) is -2.13. The Bertz CT molecular complexity index is 377. The minimum Gasteiger partial charge on any atom is -0.313 e. The molecule has 0 atom stereocenters. The minimum atomic E-state index is -5.19. The van der Waals surface area contributed by atoms with Crippen LogP contribution in [0, 0.1) is 0 Å². The second-order valence-electron chi connectivity index (χ2n) is 2.46. The SMILES string of the molecule is C=C(/C(=N\NC)C(F)(F)[SH](=O)=O)C(F)(F)F. The van der Waals surface area contributed by atoms with Crippen LogP contribution in [0.4, 0.5) is 22.0 Å². The lowest BCUT2D eigenvalue weighted by atomic mass is 10.2. The van der Waals surface area contributed by atoms with Crippen molar-refractivity contribution in [3.63, 3.8) is 0 Å². The molecule has 94 valence electrons. The van der Waals surface area contributed by atoms with Gasteiger partial charge in [-0.2, -0.15) is 27.1 Å². The molecule has 0 aromatic heterocycles. The van der Waals surface area contributed by atoms with Gasteiger partial charge in [-0.1, -0.05) is 6.58 Å². The average Bonchev–Trinajstić information content (AvgIpc) is 2.11. The van der Waals surface area contributed by atoms with Crippen LogP contribution in [0.2, 0.25) is 0 Å². The number of halogens is 5. The largest absolute Gasteiger partial charge is 0.417 e. The van der Waals surface area contributed by atoms with Crippen molar-refractivity contribution in [1.29, 1.82) is 0 Å². The van der Waals surface area contributed by atoms with Gasteiger partial charge >= 0.3 is 11.4 Å². The smallest absolute Gasteiger partial charge is 0.313 e. The molecule has 0 aliphatic carbocycles. The van der Waals surface area contributed by atoms with Crippen LogP contribution >= 0.6 is 0 Å². The van der Waals surface area contributed by atoms with E-state index in [-0.39, 0.29) is 0 Å². The molecule has 0 fully saturated rings. The van der Waals surface area contributed by atoms with Crippen LogP contribution in [0.3, 0.4) is 0 Å². The fraction of sp³-hybridized carbons (Fsp3) is 0.500. The Kier molecular flexibility index (Phi) is 4.41. The average molecular weight is 266 g/mol. The summed E-state index contributed by atoms with van der Waals surface area (Å²) in [6, 6.07) is 0. The van der Waals surface area contributed by atoms with Gasteiger partial charge in [0.15, 0.2) is 5.71 Å². The first kappa shape index (κ1) is 14.8. The van der Waals surface area contributed by atoms with Gasteiger partial charge in [-0.15, -0.1) is 0 Å². The first-order valence-corrected chi connectivity index (χ1v) is 4.76. The van der Waals surface area contributed by atoms with Crippen molar-refractivity contribution in [2.45, 2.75) is 11.4 Å². The lowest BCUT2D eigenvalue weighted by molar-refractivity contribution is -0.0869. The normalized spacial score (nSPS) is 14.1. The third-order valence-electron chi connectivity index (χ3n) is 1.37. The van der Waals surface area contributed by atoms with Gasteiger partial charge in [0.05, 0.1) is 5.57 Å². The quantitative estimate of drug-likeness (QED) is 0.344. The van der Waals surface area contributed by atoms with E-state index in [1.165, 1.54) is 0 Å². The van der Waals surface area contributed by atoms with Crippen molar-refractivity contribution in [2.75, 3.05) is 7.05 Å². The number of hydrazone groups is 1. The minimum absolute atomic E-state index is 0.942. The van der Waals surface area contributed by atoms with Crippen molar-refractivity contribution in [3.8, 4) is 0 Å². The maximum Gasteiger partial charge on any atom is 0.417 e. The van der Waals surface area contributed by atoms with E-state index in [0.29, 0.717) is 0 Å². The zero-order valence-electron chi connectivity index (χ0n) is 7.81. The summed E-state index contributed by atoms with van der Waals surface area (Å²) in [5.74, 6) is 0. The second kappa shape index (κ2) is 4.76. The molecule has 0 saturated heterocycles. The van der Waals surface area contributed by atoms with Crippen molar-refractivity contribution < 1.29 is 30.4 Å². The molecule has 0 aromatic carbocycles. The number of allylic oxidation sites excluding steroid dienone is 1. The zero-order chi connectivity index (χ0) is 13.1. The topological polar surface area (TPSA) is 58.5 Å². The molecule has 0 spiro atoms. The highest BCUT2D eigenvalue weighted by Crippen LogP contribution is 2.31. The summed E-state index contributed by atoms with van der Waals surface area (Å²) in [6.45, 7) is 2.35. The van der Waals surface area contributed by atoms with Crippen LogP contribution in [0.5, 0.6) is 0 Å². The van der Waals surface area contributed by atoms with E-state index in [9.17, 15) is 30.4 Å². The van der Waals surface area contributed by atoms with E-state index >= 15 is 0 Å². The number of thiol groups is 1. The standard InChI is InChI=1S/C6H7F5N2O2S/c1-3(5(7,8)9)4(13-12-2)6(10,11)16(14)15/h12,16H,1H2,2H3/b13-4+. The van der Waals surface area contributed by atoms with Crippen LogP contribution in [0.25, 0.3) is 0 Å². The fourth-order valence-electron chi connectivity index (χ4n) is 0.649. The maximum atomic E-state index is 12.9. The molecular weight excluding hydrogens is 259 g/mol. The predicted octanol–water partition coefficient (Wildman–Crippen LogP) is 0.885. The molecule has 0 heterocycles. The molecule has 0 saturated carbocycles. The van der Waals surface area contributed by atoms with Gasteiger partial charge in [0.25, 0.3) is 0 Å². The molecule has 0 unspecified atom stereocenters. The number of nitrogens with one attached hydrogen (secondary N) is 1. The molecule has 4 nitrogen and oxygen atoms in total. The Morgan fingerprint density at radius 1 is 1.25 bits per heavy atom. The van der Waals surface area contributed by atoms with E-state index in [2.05, 4.69) is 11.7 Å². The van der Waals surface area contributed by atoms with E-state index in [1.54, 1.807) is 5.43 Å². The third-order valence-corrected chi connectivity index (χ3v) is 2.04. The second-order valence-corrected chi connectivity index (χ2v) is 3.53. The van der Waals surface area contributed by atoms with E-state index in [1.807, 2.05) is 0 Å². The van der Waals surface area contributed by atoms with Gasteiger partial charge in [0.2, 0.25) is 10.7 Å². The Morgan fingerprint density at radius 3 is 1.94 bits per heavy atom. The number of hydrogen-bond acceptors (Lipinski definition) is 4. The van der Waals surface area contributed by atoms with E-state index in [4.69, 9.17) is 0 Å². The number of alkyl halides is 5. The Labute approximate surface area is 88.8 Å². The molecule has 0 amide bonds. The van der Waals surface area contributed by atoms with Gasteiger partial charge in [0, 0.05) is 7.05 Å². The summed E-state index contributed by atoms with van der Waals surface area (Å²) in [4.78, 5) is 0. The van der Waals surface area contributed by atoms with Crippen LogP contribution in [-0.4, -0.2) is 32.6 Å². The number of rotatable bonds is 4. The fourth-order valence-corrected chi connectivity index (χ4v) is 1.01. The highest BCUT2D eigenvalue weighted by Gasteiger charge is 2.49. The Morgan fingerprint density at radius 2 is 1.69 bits per heavy atom. The zero-order valence-corrected chi connectivity index (χ0v) is 8.70. The molecular formula is C6H7F5N2O2S. The first-order valence-electron chi connectivity index (χ1n) is 3.58. The van der Waals surface area contributed by atoms with Gasteiger partial charge in [-0.3, -0.25) is 0 Å². The van der Waals surface area contributed by atoms with Gasteiger partial charge in [-0.05, 0) is 0 Å². The predicted molar refractivity (Wildman–Crippen MR) is 47.0 cm³/mol. The summed E-state index contributed by atoms with van der Waals surface area (Å²) >= 11 is 0. The molecule has 0 aromatic rings. The van der Waals surface area contributed by atoms with Crippen LogP contribution in [-0.2, 0) is 10.7 Å². The molecule has 10 heteroatoms. The summed E-state index contributed by atoms with van der Waals surface area (Å²) < 4.78 is 82.2. The monoisotopic (exact) mass is 266 g/mol. The van der Waals surface area contributed by atoms with Crippen LogP contribution in [0.15, 0.2) is 17.3 Å². The molecule has 16 heavy (non-hydrogen) atoms. The molecule has 0 bridgehead atoms. The maximum absolute atomic E-state index is 12.9. The van der Waals surface area contributed by atoms with Crippen LogP contribution in [0.1, 0.15) is 0 Å². The number of hydrogen-bond donors (Lipinski definition) is 2. The lowest BCUT2D eigenvalue weighted by Crippen LogP contribution is -2.37. The van der Waals surface area contributed by atoms with Crippen LogP contribution < -0.4 is 5.43 Å². The molecule has 0 rings (SSSR count). The van der Waals surface area contributed by atoms with Gasteiger partial charge in [-0.25, -0.2) is 8.42 Å². The first-order chi connectivity index (χ1) is 7.05. The van der Waals surface area contributed by atoms with Crippen molar-refractivity contribution in [2.24, 2.45) is 5.10 Å². The van der Waals surface area contributed by atoms with Gasteiger partial charge in [0.1, 0.15) is 0 Å². The highest BCUT2D eigenvalue weighted by atomic mass is 32.2. The highest BCUT2D eigenvalue weighted by molar-refractivity contribution is 7.74. The van der Waals surface area contributed by atoms with Gasteiger partial charge < -0.3 is 5.43 Å². The van der Waals surface area contributed by atoms with Crippen molar-refractivity contribution >= 4 is 16.4 Å². The summed E-state index contributed by atoms with van der Waals surface area (Å²) in [5.41, 5.74) is -2.33.